The van der Waals surface area contributed by atoms with Crippen LogP contribution in [0.4, 0.5) is 18.9 Å². The van der Waals surface area contributed by atoms with Crippen LogP contribution in [-0.2, 0) is 15.8 Å². The van der Waals surface area contributed by atoms with Gasteiger partial charge in [-0.05, 0) is 36.2 Å². The van der Waals surface area contributed by atoms with Gasteiger partial charge >= 0.3 is 6.18 Å². The lowest BCUT2D eigenvalue weighted by Gasteiger charge is -2.29. The zero-order chi connectivity index (χ0) is 21.5. The molecule has 0 radical (unpaired) electrons. The Labute approximate surface area is 166 Å². The van der Waals surface area contributed by atoms with E-state index in [-0.39, 0.29) is 11.3 Å². The molecule has 29 heavy (non-hydrogen) atoms. The van der Waals surface area contributed by atoms with Crippen LogP contribution in [0.1, 0.15) is 36.6 Å². The fourth-order valence-electron chi connectivity index (χ4n) is 3.45. The maximum atomic E-state index is 13.2. The summed E-state index contributed by atoms with van der Waals surface area (Å²) < 4.78 is 39.6. The van der Waals surface area contributed by atoms with Gasteiger partial charge in [0.25, 0.3) is 5.91 Å². The second-order valence-electron chi connectivity index (χ2n) is 7.26. The maximum Gasteiger partial charge on any atom is 0.416 e. The number of aliphatic hydroxyl groups is 1. The molecule has 1 N–H and O–H groups in total. The summed E-state index contributed by atoms with van der Waals surface area (Å²) in [7, 11) is 0. The van der Waals surface area contributed by atoms with Gasteiger partial charge in [0.1, 0.15) is 0 Å². The molecule has 2 aromatic carbocycles. The van der Waals surface area contributed by atoms with Crippen LogP contribution in [0.2, 0.25) is 0 Å². The standard InChI is InChI=1S/C22H20F3NO3/c1-12(2)19(27)17-18(16-10-5-4-7-13(16)3)26(21(29)20(17)28)15-9-6-8-14(11-15)22(23,24)25/h4-12,18,28H,1-3H3. The molecule has 1 unspecified atom stereocenters. The second-order valence-corrected chi connectivity index (χ2v) is 7.26. The zero-order valence-electron chi connectivity index (χ0n) is 16.1. The molecule has 0 bridgehead atoms. The van der Waals surface area contributed by atoms with E-state index in [0.29, 0.717) is 5.56 Å². The zero-order valence-corrected chi connectivity index (χ0v) is 16.1. The summed E-state index contributed by atoms with van der Waals surface area (Å²) in [6.07, 6.45) is -4.59. The molecule has 1 heterocycles. The van der Waals surface area contributed by atoms with Gasteiger partial charge in [0.2, 0.25) is 0 Å². The number of ketones is 1. The Balaban J connectivity index is 2.23. The number of halogens is 3. The van der Waals surface area contributed by atoms with Gasteiger partial charge in [0, 0.05) is 11.6 Å². The number of benzene rings is 2. The highest BCUT2D eigenvalue weighted by molar-refractivity contribution is 6.16. The number of carbonyl (C=O) groups excluding carboxylic acids is 2. The van der Waals surface area contributed by atoms with Crippen molar-refractivity contribution in [3.8, 4) is 0 Å². The molecular formula is C22H20F3NO3. The average Bonchev–Trinajstić information content (AvgIpc) is 2.92. The lowest BCUT2D eigenvalue weighted by Crippen LogP contribution is -2.32. The van der Waals surface area contributed by atoms with Crippen LogP contribution in [0.3, 0.4) is 0 Å². The predicted molar refractivity (Wildman–Crippen MR) is 102 cm³/mol. The highest BCUT2D eigenvalue weighted by Crippen LogP contribution is 2.43. The monoisotopic (exact) mass is 403 g/mol. The molecule has 152 valence electrons. The minimum absolute atomic E-state index is 0.0452. The molecule has 1 aliphatic rings. The van der Waals surface area contributed by atoms with E-state index in [1.807, 2.05) is 0 Å². The van der Waals surface area contributed by atoms with Crippen molar-refractivity contribution in [3.63, 3.8) is 0 Å². The molecule has 1 atom stereocenters. The molecule has 0 aromatic heterocycles. The van der Waals surface area contributed by atoms with E-state index < -0.39 is 41.1 Å². The highest BCUT2D eigenvalue weighted by atomic mass is 19.4. The number of Topliss-reactive ketones (excluding diaryl/α,β-unsaturated/α-hetero) is 1. The quantitative estimate of drug-likeness (QED) is 0.769. The van der Waals surface area contributed by atoms with Crippen molar-refractivity contribution in [1.82, 2.24) is 0 Å². The summed E-state index contributed by atoms with van der Waals surface area (Å²) in [4.78, 5) is 26.8. The summed E-state index contributed by atoms with van der Waals surface area (Å²) in [6, 6.07) is 10.2. The third-order valence-corrected chi connectivity index (χ3v) is 4.93. The number of aliphatic hydroxyl groups excluding tert-OH is 1. The third kappa shape index (κ3) is 3.64. The van der Waals surface area contributed by atoms with Gasteiger partial charge in [-0.1, -0.05) is 44.2 Å². The number of anilines is 1. The van der Waals surface area contributed by atoms with Crippen LogP contribution in [0.25, 0.3) is 0 Å². The summed E-state index contributed by atoms with van der Waals surface area (Å²) >= 11 is 0. The fraction of sp³-hybridized carbons (Fsp3) is 0.273. The van der Waals surface area contributed by atoms with Crippen molar-refractivity contribution in [2.45, 2.75) is 33.0 Å². The lowest BCUT2D eigenvalue weighted by atomic mass is 9.89. The Kier molecular flexibility index (Phi) is 5.26. The van der Waals surface area contributed by atoms with Crippen molar-refractivity contribution in [3.05, 3.63) is 76.6 Å². The van der Waals surface area contributed by atoms with Crippen molar-refractivity contribution in [2.24, 2.45) is 5.92 Å². The Morgan fingerprint density at radius 3 is 2.34 bits per heavy atom. The maximum absolute atomic E-state index is 13.2. The van der Waals surface area contributed by atoms with Crippen LogP contribution in [-0.4, -0.2) is 16.8 Å². The van der Waals surface area contributed by atoms with E-state index in [2.05, 4.69) is 0 Å². The van der Waals surface area contributed by atoms with Gasteiger partial charge in [-0.2, -0.15) is 13.2 Å². The van der Waals surface area contributed by atoms with Gasteiger partial charge in [0.15, 0.2) is 11.5 Å². The summed E-state index contributed by atoms with van der Waals surface area (Å²) in [5.41, 5.74) is 0.236. The minimum atomic E-state index is -4.59. The van der Waals surface area contributed by atoms with E-state index in [1.165, 1.54) is 12.1 Å². The first-order valence-electron chi connectivity index (χ1n) is 9.07. The van der Waals surface area contributed by atoms with Crippen LogP contribution >= 0.6 is 0 Å². The Hall–Kier alpha value is -3.09. The molecule has 0 fully saturated rings. The molecule has 0 spiro atoms. The Bertz CT molecular complexity index is 1010. The largest absolute Gasteiger partial charge is 0.503 e. The molecule has 7 heteroatoms. The van der Waals surface area contributed by atoms with E-state index in [1.54, 1.807) is 45.0 Å². The van der Waals surface area contributed by atoms with Crippen LogP contribution in [0.15, 0.2) is 59.9 Å². The van der Waals surface area contributed by atoms with Crippen molar-refractivity contribution in [2.75, 3.05) is 4.90 Å². The Morgan fingerprint density at radius 2 is 1.76 bits per heavy atom. The number of amides is 1. The van der Waals surface area contributed by atoms with E-state index in [0.717, 1.165) is 22.6 Å². The number of rotatable bonds is 4. The summed E-state index contributed by atoms with van der Waals surface area (Å²) in [5.74, 6) is -2.57. The third-order valence-electron chi connectivity index (χ3n) is 4.93. The first-order chi connectivity index (χ1) is 13.5. The molecule has 0 saturated carbocycles. The van der Waals surface area contributed by atoms with Crippen molar-refractivity contribution >= 4 is 17.4 Å². The van der Waals surface area contributed by atoms with Gasteiger partial charge in [0.05, 0.1) is 17.2 Å². The summed E-state index contributed by atoms with van der Waals surface area (Å²) in [6.45, 7) is 5.04. The van der Waals surface area contributed by atoms with E-state index in [4.69, 9.17) is 0 Å². The molecule has 1 aliphatic heterocycles. The van der Waals surface area contributed by atoms with Crippen molar-refractivity contribution < 1.29 is 27.9 Å². The van der Waals surface area contributed by atoms with E-state index in [9.17, 15) is 27.9 Å². The molecule has 2 aromatic rings. The topological polar surface area (TPSA) is 57.6 Å². The summed E-state index contributed by atoms with van der Waals surface area (Å²) in [5, 5.41) is 10.5. The number of carbonyl (C=O) groups is 2. The number of hydrogen-bond acceptors (Lipinski definition) is 3. The lowest BCUT2D eigenvalue weighted by molar-refractivity contribution is -0.137. The van der Waals surface area contributed by atoms with Crippen LogP contribution in [0, 0.1) is 12.8 Å². The van der Waals surface area contributed by atoms with Gasteiger partial charge in [-0.15, -0.1) is 0 Å². The molecule has 0 aliphatic carbocycles. The van der Waals surface area contributed by atoms with Crippen LogP contribution in [0.5, 0.6) is 0 Å². The van der Waals surface area contributed by atoms with Gasteiger partial charge in [-0.3, -0.25) is 14.5 Å². The number of aryl methyl sites for hydroxylation is 1. The van der Waals surface area contributed by atoms with Crippen LogP contribution < -0.4 is 4.90 Å². The molecule has 3 rings (SSSR count). The predicted octanol–water partition coefficient (Wildman–Crippen LogP) is 5.14. The molecule has 4 nitrogen and oxygen atoms in total. The number of alkyl halides is 3. The second kappa shape index (κ2) is 7.39. The number of nitrogens with zero attached hydrogens (tertiary/aromatic N) is 1. The highest BCUT2D eigenvalue weighted by Gasteiger charge is 2.45. The average molecular weight is 403 g/mol. The number of hydrogen-bond donors (Lipinski definition) is 1. The molecule has 0 saturated heterocycles. The molecule has 1 amide bonds. The Morgan fingerprint density at radius 1 is 1.10 bits per heavy atom. The first-order valence-corrected chi connectivity index (χ1v) is 9.07. The SMILES string of the molecule is Cc1ccccc1C1C(C(=O)C(C)C)=C(O)C(=O)N1c1cccc(C(F)(F)F)c1. The van der Waals surface area contributed by atoms with Crippen molar-refractivity contribution in [1.29, 1.82) is 0 Å². The minimum Gasteiger partial charge on any atom is -0.503 e. The normalized spacial score (nSPS) is 17.4. The van der Waals surface area contributed by atoms with Gasteiger partial charge < -0.3 is 5.11 Å². The molecular weight excluding hydrogens is 383 g/mol. The van der Waals surface area contributed by atoms with Gasteiger partial charge in [-0.25, -0.2) is 0 Å². The van der Waals surface area contributed by atoms with E-state index >= 15 is 0 Å². The smallest absolute Gasteiger partial charge is 0.416 e. The fourth-order valence-corrected chi connectivity index (χ4v) is 3.45. The first kappa shape index (κ1) is 20.6.